The summed E-state index contributed by atoms with van der Waals surface area (Å²) in [5.74, 6) is 1.92. The quantitative estimate of drug-likeness (QED) is 0.206. The molecule has 0 aromatic rings. The summed E-state index contributed by atoms with van der Waals surface area (Å²) in [5.41, 5.74) is 0. The first kappa shape index (κ1) is 24.0. The molecule has 0 aliphatic carbocycles. The third-order valence-electron chi connectivity index (χ3n) is 5.74. The summed E-state index contributed by atoms with van der Waals surface area (Å²) >= 11 is 0. The average molecular weight is 339 g/mol. The van der Waals surface area contributed by atoms with Crippen LogP contribution < -0.4 is 0 Å². The lowest BCUT2D eigenvalue weighted by atomic mass is 9.92. The summed E-state index contributed by atoms with van der Waals surface area (Å²) in [6.45, 7) is 9.56. The van der Waals surface area contributed by atoms with E-state index < -0.39 is 0 Å². The van der Waals surface area contributed by atoms with E-state index in [1.54, 1.807) is 0 Å². The number of rotatable bonds is 19. The number of hydrogen-bond donors (Lipinski definition) is 0. The van der Waals surface area contributed by atoms with Crippen LogP contribution in [0, 0.1) is 11.8 Å². The van der Waals surface area contributed by atoms with Gasteiger partial charge in [0.05, 0.1) is 0 Å². The molecule has 0 amide bonds. The fraction of sp³-hybridized carbons (Fsp3) is 1.00. The van der Waals surface area contributed by atoms with Crippen LogP contribution in [0.4, 0.5) is 0 Å². The van der Waals surface area contributed by atoms with Gasteiger partial charge in [0.25, 0.3) is 0 Å². The first-order chi connectivity index (χ1) is 11.7. The normalized spacial score (nSPS) is 14.0. The zero-order valence-electron chi connectivity index (χ0n) is 17.9. The molecule has 0 saturated heterocycles. The molecule has 0 heteroatoms. The van der Waals surface area contributed by atoms with E-state index in [-0.39, 0.29) is 0 Å². The first-order valence-corrected chi connectivity index (χ1v) is 11.7. The Balaban J connectivity index is 3.29. The van der Waals surface area contributed by atoms with Gasteiger partial charge in [0.15, 0.2) is 0 Å². The molecule has 0 aliphatic rings. The van der Waals surface area contributed by atoms with Crippen molar-refractivity contribution in [1.29, 1.82) is 0 Å². The summed E-state index contributed by atoms with van der Waals surface area (Å²) in [6.07, 6.45) is 26.2. The Morgan fingerprint density at radius 1 is 0.375 bits per heavy atom. The summed E-state index contributed by atoms with van der Waals surface area (Å²) in [7, 11) is 0. The van der Waals surface area contributed by atoms with E-state index in [1.807, 2.05) is 0 Å². The lowest BCUT2D eigenvalue weighted by molar-refractivity contribution is 0.391. The molecule has 0 radical (unpaired) electrons. The van der Waals surface area contributed by atoms with Crippen molar-refractivity contribution < 1.29 is 0 Å². The molecule has 0 saturated carbocycles. The van der Waals surface area contributed by atoms with E-state index in [0.29, 0.717) is 0 Å². The molecule has 24 heavy (non-hydrogen) atoms. The Morgan fingerprint density at radius 3 is 1.04 bits per heavy atom. The van der Waals surface area contributed by atoms with Gasteiger partial charge < -0.3 is 0 Å². The second kappa shape index (κ2) is 19.3. The molecule has 2 unspecified atom stereocenters. The van der Waals surface area contributed by atoms with Gasteiger partial charge in [-0.05, 0) is 11.8 Å². The third-order valence-corrected chi connectivity index (χ3v) is 5.74. The highest BCUT2D eigenvalue weighted by molar-refractivity contribution is 4.59. The predicted molar refractivity (Wildman–Crippen MR) is 113 cm³/mol. The highest BCUT2D eigenvalue weighted by Gasteiger charge is 2.06. The zero-order valence-corrected chi connectivity index (χ0v) is 17.9. The van der Waals surface area contributed by atoms with Crippen LogP contribution in [0.25, 0.3) is 0 Å². The van der Waals surface area contributed by atoms with E-state index >= 15 is 0 Å². The van der Waals surface area contributed by atoms with E-state index in [9.17, 15) is 0 Å². The van der Waals surface area contributed by atoms with Crippen molar-refractivity contribution in [3.63, 3.8) is 0 Å². The molecule has 146 valence electrons. The van der Waals surface area contributed by atoms with E-state index in [4.69, 9.17) is 0 Å². The van der Waals surface area contributed by atoms with Crippen molar-refractivity contribution in [2.45, 2.75) is 143 Å². The van der Waals surface area contributed by atoms with E-state index in [0.717, 1.165) is 11.8 Å². The summed E-state index contributed by atoms with van der Waals surface area (Å²) in [6, 6.07) is 0. The Bertz CT molecular complexity index is 220. The Kier molecular flexibility index (Phi) is 19.3. The van der Waals surface area contributed by atoms with Crippen LogP contribution in [0.3, 0.4) is 0 Å². The lowest BCUT2D eigenvalue weighted by Gasteiger charge is -2.14. The third kappa shape index (κ3) is 18.3. The molecule has 0 spiro atoms. The van der Waals surface area contributed by atoms with E-state index in [2.05, 4.69) is 27.7 Å². The molecule has 0 nitrogen and oxygen atoms in total. The van der Waals surface area contributed by atoms with Gasteiger partial charge in [-0.2, -0.15) is 0 Å². The van der Waals surface area contributed by atoms with Crippen molar-refractivity contribution in [2.75, 3.05) is 0 Å². The van der Waals surface area contributed by atoms with Gasteiger partial charge in [-0.25, -0.2) is 0 Å². The molecule has 0 N–H and O–H groups in total. The van der Waals surface area contributed by atoms with Crippen LogP contribution in [-0.2, 0) is 0 Å². The van der Waals surface area contributed by atoms with Gasteiger partial charge in [0, 0.05) is 0 Å². The largest absolute Gasteiger partial charge is 0.0654 e. The van der Waals surface area contributed by atoms with Crippen LogP contribution >= 0.6 is 0 Å². The molecule has 0 aromatic heterocycles. The molecular formula is C24H50. The minimum Gasteiger partial charge on any atom is -0.0654 e. The highest BCUT2D eigenvalue weighted by Crippen LogP contribution is 2.21. The smallest absolute Gasteiger partial charge is 0.0443 e. The molecule has 0 bridgehead atoms. The van der Waals surface area contributed by atoms with Crippen LogP contribution in [0.1, 0.15) is 143 Å². The van der Waals surface area contributed by atoms with Crippen molar-refractivity contribution in [3.8, 4) is 0 Å². The van der Waals surface area contributed by atoms with Crippen molar-refractivity contribution in [3.05, 3.63) is 0 Å². The number of hydrogen-bond acceptors (Lipinski definition) is 0. The SMILES string of the molecule is CCCCCCCCCCC(C)CCCC(C)CCCCCCC. The molecule has 0 heterocycles. The number of unbranched alkanes of at least 4 members (excludes halogenated alkanes) is 11. The maximum Gasteiger partial charge on any atom is -0.0443 e. The molecular weight excluding hydrogens is 288 g/mol. The second-order valence-corrected chi connectivity index (χ2v) is 8.61. The van der Waals surface area contributed by atoms with Gasteiger partial charge in [-0.3, -0.25) is 0 Å². The maximum atomic E-state index is 2.48. The van der Waals surface area contributed by atoms with Crippen LogP contribution in [0.2, 0.25) is 0 Å². The maximum absolute atomic E-state index is 2.48. The van der Waals surface area contributed by atoms with E-state index in [1.165, 1.54) is 116 Å². The predicted octanol–water partition coefficient (Wildman–Crippen LogP) is 9.32. The Hall–Kier alpha value is 0. The van der Waals surface area contributed by atoms with Crippen molar-refractivity contribution >= 4 is 0 Å². The van der Waals surface area contributed by atoms with Gasteiger partial charge in [-0.1, -0.05) is 143 Å². The van der Waals surface area contributed by atoms with Crippen molar-refractivity contribution in [2.24, 2.45) is 11.8 Å². The first-order valence-electron chi connectivity index (χ1n) is 11.7. The van der Waals surface area contributed by atoms with Gasteiger partial charge in [0.2, 0.25) is 0 Å². The summed E-state index contributed by atoms with van der Waals surface area (Å²) in [4.78, 5) is 0. The Morgan fingerprint density at radius 2 is 0.667 bits per heavy atom. The monoisotopic (exact) mass is 338 g/mol. The molecule has 2 atom stereocenters. The summed E-state index contributed by atoms with van der Waals surface area (Å²) < 4.78 is 0. The fourth-order valence-corrected chi connectivity index (χ4v) is 3.83. The van der Waals surface area contributed by atoms with Gasteiger partial charge in [0.1, 0.15) is 0 Å². The summed E-state index contributed by atoms with van der Waals surface area (Å²) in [5, 5.41) is 0. The van der Waals surface area contributed by atoms with Gasteiger partial charge in [-0.15, -0.1) is 0 Å². The molecule has 0 aliphatic heterocycles. The topological polar surface area (TPSA) is 0 Å². The minimum absolute atomic E-state index is 0.960. The Labute approximate surface area is 155 Å². The second-order valence-electron chi connectivity index (χ2n) is 8.61. The standard InChI is InChI=1S/C24H50/c1-5-7-9-11-12-13-15-17-20-24(4)22-18-21-23(3)19-16-14-10-8-6-2/h23-24H,5-22H2,1-4H3. The van der Waals surface area contributed by atoms with Crippen LogP contribution in [0.5, 0.6) is 0 Å². The average Bonchev–Trinajstić information content (AvgIpc) is 2.57. The van der Waals surface area contributed by atoms with Crippen molar-refractivity contribution in [1.82, 2.24) is 0 Å². The highest BCUT2D eigenvalue weighted by atomic mass is 14.1. The molecule has 0 aromatic carbocycles. The zero-order chi connectivity index (χ0) is 17.9. The van der Waals surface area contributed by atoms with Crippen LogP contribution in [0.15, 0.2) is 0 Å². The minimum atomic E-state index is 0.960. The molecule has 0 fully saturated rings. The fourth-order valence-electron chi connectivity index (χ4n) is 3.83. The lowest BCUT2D eigenvalue weighted by Crippen LogP contribution is -1.99. The van der Waals surface area contributed by atoms with Crippen LogP contribution in [-0.4, -0.2) is 0 Å². The molecule has 0 rings (SSSR count). The van der Waals surface area contributed by atoms with Gasteiger partial charge >= 0.3 is 0 Å².